The van der Waals surface area contributed by atoms with Crippen molar-refractivity contribution in [1.29, 1.82) is 0 Å². The minimum Gasteiger partial charge on any atom is -0.366 e. The predicted octanol–water partition coefficient (Wildman–Crippen LogP) is 4.19. The van der Waals surface area contributed by atoms with Crippen LogP contribution in [0.2, 0.25) is 0 Å². The maximum absolute atomic E-state index is 14.2. The molecule has 1 fully saturated rings. The first-order valence-corrected chi connectivity index (χ1v) is 7.20. The molecule has 0 radical (unpaired) electrons. The quantitative estimate of drug-likeness (QED) is 0.762. The Labute approximate surface area is 114 Å². The average molecular weight is 263 g/mol. The molecule has 3 heteroatoms. The van der Waals surface area contributed by atoms with Gasteiger partial charge in [0, 0.05) is 18.2 Å². The van der Waals surface area contributed by atoms with Crippen molar-refractivity contribution >= 4 is 11.5 Å². The first-order valence-electron chi connectivity index (χ1n) is 7.20. The van der Waals surface area contributed by atoms with Crippen LogP contribution in [0.3, 0.4) is 0 Å². The Morgan fingerprint density at radius 1 is 1.37 bits per heavy atom. The summed E-state index contributed by atoms with van der Waals surface area (Å²) in [4.78, 5) is 13.5. The van der Waals surface area contributed by atoms with Gasteiger partial charge in [-0.1, -0.05) is 19.8 Å². The number of hydrogen-bond donors (Lipinski definition) is 0. The van der Waals surface area contributed by atoms with Gasteiger partial charge in [0.2, 0.25) is 0 Å². The Hall–Kier alpha value is -1.38. The topological polar surface area (TPSA) is 20.3 Å². The maximum atomic E-state index is 14.2. The summed E-state index contributed by atoms with van der Waals surface area (Å²) in [6.45, 7) is 4.54. The number of halogens is 1. The van der Waals surface area contributed by atoms with Gasteiger partial charge in [-0.15, -0.1) is 0 Å². The molecule has 1 aliphatic heterocycles. The summed E-state index contributed by atoms with van der Waals surface area (Å²) >= 11 is 0. The van der Waals surface area contributed by atoms with E-state index < -0.39 is 0 Å². The van der Waals surface area contributed by atoms with Crippen LogP contribution in [-0.4, -0.2) is 18.4 Å². The van der Waals surface area contributed by atoms with Crippen molar-refractivity contribution in [3.05, 3.63) is 29.6 Å². The molecule has 2 rings (SSSR count). The second kappa shape index (κ2) is 6.18. The Bertz CT molecular complexity index is 458. The molecule has 0 aliphatic carbocycles. The van der Waals surface area contributed by atoms with Gasteiger partial charge in [0.05, 0.1) is 5.69 Å². The third-order valence-electron chi connectivity index (χ3n) is 4.01. The largest absolute Gasteiger partial charge is 0.366 e. The van der Waals surface area contributed by atoms with Crippen molar-refractivity contribution in [2.45, 2.75) is 52.0 Å². The molecule has 1 saturated heterocycles. The molecular weight excluding hydrogens is 241 g/mol. The molecule has 0 N–H and O–H groups in total. The highest BCUT2D eigenvalue weighted by atomic mass is 19.1. The molecule has 0 saturated carbocycles. The van der Waals surface area contributed by atoms with E-state index >= 15 is 0 Å². The fourth-order valence-electron chi connectivity index (χ4n) is 2.88. The van der Waals surface area contributed by atoms with Crippen molar-refractivity contribution in [1.82, 2.24) is 0 Å². The van der Waals surface area contributed by atoms with Crippen molar-refractivity contribution < 1.29 is 9.18 Å². The average Bonchev–Trinajstić information content (AvgIpc) is 2.63. The van der Waals surface area contributed by atoms with Gasteiger partial charge in [-0.3, -0.25) is 4.79 Å². The van der Waals surface area contributed by atoms with Crippen molar-refractivity contribution in [3.8, 4) is 0 Å². The second-order valence-corrected chi connectivity index (χ2v) is 5.33. The molecule has 1 unspecified atom stereocenters. The third-order valence-corrected chi connectivity index (χ3v) is 4.01. The number of rotatable bonds is 3. The zero-order valence-corrected chi connectivity index (χ0v) is 11.8. The molecule has 2 nitrogen and oxygen atoms in total. The van der Waals surface area contributed by atoms with E-state index in [1.807, 2.05) is 0 Å². The van der Waals surface area contributed by atoms with Gasteiger partial charge in [0.15, 0.2) is 5.78 Å². The Balaban J connectivity index is 2.30. The van der Waals surface area contributed by atoms with Gasteiger partial charge in [-0.25, -0.2) is 4.39 Å². The minimum atomic E-state index is -0.270. The summed E-state index contributed by atoms with van der Waals surface area (Å²) in [5.41, 5.74) is 1.10. The van der Waals surface area contributed by atoms with Crippen LogP contribution in [0.25, 0.3) is 0 Å². The fraction of sp³-hybridized carbons (Fsp3) is 0.562. The molecule has 0 aromatic heterocycles. The highest BCUT2D eigenvalue weighted by Crippen LogP contribution is 2.28. The first kappa shape index (κ1) is 14.0. The smallest absolute Gasteiger partial charge is 0.159 e. The lowest BCUT2D eigenvalue weighted by Gasteiger charge is -2.31. The van der Waals surface area contributed by atoms with Gasteiger partial charge in [-0.05, 0) is 44.4 Å². The van der Waals surface area contributed by atoms with E-state index in [9.17, 15) is 9.18 Å². The zero-order chi connectivity index (χ0) is 13.8. The van der Waals surface area contributed by atoms with E-state index in [1.54, 1.807) is 12.1 Å². The van der Waals surface area contributed by atoms with Gasteiger partial charge >= 0.3 is 0 Å². The Morgan fingerprint density at radius 3 is 2.79 bits per heavy atom. The van der Waals surface area contributed by atoms with Crippen LogP contribution in [0.15, 0.2) is 18.2 Å². The van der Waals surface area contributed by atoms with E-state index in [2.05, 4.69) is 11.8 Å². The van der Waals surface area contributed by atoms with E-state index in [1.165, 1.54) is 25.8 Å². The van der Waals surface area contributed by atoms with Gasteiger partial charge in [0.25, 0.3) is 0 Å². The molecule has 1 aromatic rings. The van der Waals surface area contributed by atoms with Crippen LogP contribution in [0.5, 0.6) is 0 Å². The number of nitrogens with zero attached hydrogens (tertiary/aromatic N) is 1. The first-order chi connectivity index (χ1) is 9.13. The number of carbonyl (C=O) groups excluding carboxylic acids is 1. The molecule has 1 aromatic carbocycles. The number of ketones is 1. The van der Waals surface area contributed by atoms with Crippen molar-refractivity contribution in [2.24, 2.45) is 0 Å². The van der Waals surface area contributed by atoms with Crippen molar-refractivity contribution in [2.75, 3.05) is 11.4 Å². The summed E-state index contributed by atoms with van der Waals surface area (Å²) in [6.07, 6.45) is 5.73. The lowest BCUT2D eigenvalue weighted by atomic mass is 10.1. The van der Waals surface area contributed by atoms with Gasteiger partial charge < -0.3 is 4.90 Å². The fourth-order valence-corrected chi connectivity index (χ4v) is 2.88. The SMILES string of the molecule is CCC1CCCCCN1c1ccc(C(C)=O)cc1F. The maximum Gasteiger partial charge on any atom is 0.159 e. The number of carbonyl (C=O) groups is 1. The van der Waals surface area contributed by atoms with Gasteiger partial charge in [0.1, 0.15) is 5.82 Å². The summed E-state index contributed by atoms with van der Waals surface area (Å²) < 4.78 is 14.2. The zero-order valence-electron chi connectivity index (χ0n) is 11.8. The summed E-state index contributed by atoms with van der Waals surface area (Å²) in [5.74, 6) is -0.360. The minimum absolute atomic E-state index is 0.0895. The van der Waals surface area contributed by atoms with Gasteiger partial charge in [-0.2, -0.15) is 0 Å². The Morgan fingerprint density at radius 2 is 2.16 bits per heavy atom. The summed E-state index contributed by atoms with van der Waals surface area (Å²) in [7, 11) is 0. The molecule has 1 aliphatic rings. The highest BCUT2D eigenvalue weighted by Gasteiger charge is 2.22. The summed E-state index contributed by atoms with van der Waals surface area (Å²) in [5, 5.41) is 0. The van der Waals surface area contributed by atoms with Crippen molar-refractivity contribution in [3.63, 3.8) is 0 Å². The Kier molecular flexibility index (Phi) is 4.56. The number of Topliss-reactive ketones (excluding diaryl/α,β-unsaturated/α-hetero) is 1. The van der Waals surface area contributed by atoms with Crippen LogP contribution in [0.4, 0.5) is 10.1 Å². The van der Waals surface area contributed by atoms with Crippen LogP contribution < -0.4 is 4.90 Å². The molecule has 104 valence electrons. The predicted molar refractivity (Wildman–Crippen MR) is 76.3 cm³/mol. The normalized spacial score (nSPS) is 20.2. The highest BCUT2D eigenvalue weighted by molar-refractivity contribution is 5.94. The lowest BCUT2D eigenvalue weighted by Crippen LogP contribution is -2.35. The molecule has 1 atom stereocenters. The number of hydrogen-bond acceptors (Lipinski definition) is 2. The molecule has 0 spiro atoms. The number of anilines is 1. The van der Waals surface area contributed by atoms with Crippen LogP contribution >= 0.6 is 0 Å². The molecule has 19 heavy (non-hydrogen) atoms. The number of benzene rings is 1. The van der Waals surface area contributed by atoms with E-state index in [0.717, 1.165) is 25.8 Å². The third kappa shape index (κ3) is 3.14. The van der Waals surface area contributed by atoms with Crippen LogP contribution in [0.1, 0.15) is 56.3 Å². The van der Waals surface area contributed by atoms with E-state index in [4.69, 9.17) is 0 Å². The van der Waals surface area contributed by atoms with Crippen LogP contribution in [0, 0.1) is 5.82 Å². The molecular formula is C16H22FNO. The molecule has 0 bridgehead atoms. The molecule has 1 heterocycles. The molecule has 0 amide bonds. The van der Waals surface area contributed by atoms with Crippen LogP contribution in [-0.2, 0) is 0 Å². The monoisotopic (exact) mass is 263 g/mol. The van der Waals surface area contributed by atoms with E-state index in [0.29, 0.717) is 17.3 Å². The van der Waals surface area contributed by atoms with E-state index in [-0.39, 0.29) is 11.6 Å². The standard InChI is InChI=1S/C16H22FNO/c1-3-14-7-5-4-6-10-18(14)16-9-8-13(12(2)19)11-15(16)17/h8-9,11,14H,3-7,10H2,1-2H3. The lowest BCUT2D eigenvalue weighted by molar-refractivity contribution is 0.101. The summed E-state index contributed by atoms with van der Waals surface area (Å²) in [6, 6.07) is 5.29. The second-order valence-electron chi connectivity index (χ2n) is 5.33.